The lowest BCUT2D eigenvalue weighted by Crippen LogP contribution is -2.14. The molecular weight excluding hydrogens is 296 g/mol. The maximum absolute atomic E-state index is 12.3. The number of hydrogen-bond acceptors (Lipinski definition) is 4. The monoisotopic (exact) mass is 316 g/mol. The van der Waals surface area contributed by atoms with Crippen molar-refractivity contribution in [3.63, 3.8) is 0 Å². The fraction of sp³-hybridized carbons (Fsp3) is 0.278. The zero-order valence-corrected chi connectivity index (χ0v) is 13.8. The molecule has 0 amide bonds. The van der Waals surface area contributed by atoms with Crippen molar-refractivity contribution in [3.8, 4) is 5.75 Å². The standard InChI is InChI=1S/C18H20O3S/c1-4-21-18(20)16(8-7-15-6-5-9-22-15)14-10-12(2)17(19)13(3)11-14/h5-11,16,19H,4H2,1-3H3/b8-7+/t16-/m0/s1. The van der Waals surface area contributed by atoms with Gasteiger partial charge in [-0.3, -0.25) is 4.79 Å². The third-order valence-electron chi connectivity index (χ3n) is 3.41. The second-order valence-electron chi connectivity index (χ2n) is 5.11. The Balaban J connectivity index is 2.38. The Hall–Kier alpha value is -2.07. The van der Waals surface area contributed by atoms with Gasteiger partial charge in [0.2, 0.25) is 0 Å². The van der Waals surface area contributed by atoms with E-state index in [1.807, 2.05) is 55.6 Å². The Morgan fingerprint density at radius 3 is 2.59 bits per heavy atom. The zero-order chi connectivity index (χ0) is 16.1. The van der Waals surface area contributed by atoms with Crippen LogP contribution in [-0.4, -0.2) is 17.7 Å². The van der Waals surface area contributed by atoms with Gasteiger partial charge < -0.3 is 9.84 Å². The van der Waals surface area contributed by atoms with Crippen molar-refractivity contribution in [1.82, 2.24) is 0 Å². The molecule has 1 N–H and O–H groups in total. The molecular formula is C18H20O3S. The van der Waals surface area contributed by atoms with Crippen LogP contribution >= 0.6 is 11.3 Å². The van der Waals surface area contributed by atoms with Crippen molar-refractivity contribution < 1.29 is 14.6 Å². The summed E-state index contributed by atoms with van der Waals surface area (Å²) in [6.45, 7) is 5.80. The van der Waals surface area contributed by atoms with Gasteiger partial charge in [-0.2, -0.15) is 0 Å². The summed E-state index contributed by atoms with van der Waals surface area (Å²) in [5.74, 6) is -0.478. The van der Waals surface area contributed by atoms with E-state index in [1.54, 1.807) is 18.3 Å². The summed E-state index contributed by atoms with van der Waals surface area (Å²) in [5, 5.41) is 11.9. The van der Waals surface area contributed by atoms with Gasteiger partial charge in [0, 0.05) is 4.88 Å². The van der Waals surface area contributed by atoms with E-state index in [4.69, 9.17) is 4.74 Å². The Bertz CT molecular complexity index is 649. The number of rotatable bonds is 5. The maximum Gasteiger partial charge on any atom is 0.317 e. The van der Waals surface area contributed by atoms with Crippen LogP contribution in [0, 0.1) is 13.8 Å². The van der Waals surface area contributed by atoms with Gasteiger partial charge in [0.15, 0.2) is 0 Å². The molecule has 1 aromatic heterocycles. The predicted octanol–water partition coefficient (Wildman–Crippen LogP) is 4.43. The summed E-state index contributed by atoms with van der Waals surface area (Å²) < 4.78 is 5.19. The SMILES string of the molecule is CCOC(=O)[C@@H](/C=C/c1cccs1)c1cc(C)c(O)c(C)c1. The molecule has 0 saturated carbocycles. The van der Waals surface area contributed by atoms with Crippen molar-refractivity contribution in [1.29, 1.82) is 0 Å². The number of ether oxygens (including phenoxy) is 1. The van der Waals surface area contributed by atoms with Gasteiger partial charge in [-0.25, -0.2) is 0 Å². The Kier molecular flexibility index (Phi) is 5.39. The van der Waals surface area contributed by atoms with Gasteiger partial charge in [-0.15, -0.1) is 11.3 Å². The van der Waals surface area contributed by atoms with Gasteiger partial charge in [0.1, 0.15) is 11.7 Å². The predicted molar refractivity (Wildman–Crippen MR) is 90.3 cm³/mol. The quantitative estimate of drug-likeness (QED) is 0.830. The van der Waals surface area contributed by atoms with Crippen LogP contribution in [0.4, 0.5) is 0 Å². The number of phenols is 1. The maximum atomic E-state index is 12.3. The number of aromatic hydroxyl groups is 1. The van der Waals surface area contributed by atoms with Crippen molar-refractivity contribution in [2.45, 2.75) is 26.7 Å². The first-order chi connectivity index (χ1) is 10.5. The van der Waals surface area contributed by atoms with Crippen LogP contribution < -0.4 is 0 Å². The summed E-state index contributed by atoms with van der Waals surface area (Å²) in [6, 6.07) is 7.64. The molecule has 3 nitrogen and oxygen atoms in total. The van der Waals surface area contributed by atoms with E-state index in [-0.39, 0.29) is 11.7 Å². The average Bonchev–Trinajstić information content (AvgIpc) is 2.98. The fourth-order valence-corrected chi connectivity index (χ4v) is 2.93. The minimum Gasteiger partial charge on any atom is -0.507 e. The van der Waals surface area contributed by atoms with Crippen molar-refractivity contribution in [3.05, 3.63) is 57.3 Å². The van der Waals surface area contributed by atoms with Crippen LogP contribution in [0.15, 0.2) is 35.7 Å². The first-order valence-electron chi connectivity index (χ1n) is 7.21. The first kappa shape index (κ1) is 16.3. The molecule has 0 radical (unpaired) electrons. The van der Waals surface area contributed by atoms with Gasteiger partial charge in [0.25, 0.3) is 0 Å². The second kappa shape index (κ2) is 7.27. The highest BCUT2D eigenvalue weighted by Crippen LogP contribution is 2.29. The van der Waals surface area contributed by atoms with E-state index in [1.165, 1.54) is 0 Å². The molecule has 0 spiro atoms. The number of carbonyl (C=O) groups is 1. The summed E-state index contributed by atoms with van der Waals surface area (Å²) >= 11 is 1.61. The van der Waals surface area contributed by atoms with Crippen molar-refractivity contribution in [2.75, 3.05) is 6.61 Å². The highest BCUT2D eigenvalue weighted by molar-refractivity contribution is 7.10. The van der Waals surface area contributed by atoms with Crippen molar-refractivity contribution in [2.24, 2.45) is 0 Å². The first-order valence-corrected chi connectivity index (χ1v) is 8.09. The van der Waals surface area contributed by atoms with Crippen LogP contribution in [0.3, 0.4) is 0 Å². The van der Waals surface area contributed by atoms with E-state index in [0.29, 0.717) is 6.61 Å². The minimum atomic E-state index is -0.472. The highest BCUT2D eigenvalue weighted by Gasteiger charge is 2.20. The number of thiophene rings is 1. The fourth-order valence-electron chi connectivity index (χ4n) is 2.30. The van der Waals surface area contributed by atoms with Crippen LogP contribution in [0.1, 0.15) is 34.4 Å². The summed E-state index contributed by atoms with van der Waals surface area (Å²) in [4.78, 5) is 13.4. The molecule has 0 aliphatic rings. The summed E-state index contributed by atoms with van der Waals surface area (Å²) in [7, 11) is 0. The van der Waals surface area contributed by atoms with Crippen LogP contribution in [-0.2, 0) is 9.53 Å². The molecule has 22 heavy (non-hydrogen) atoms. The minimum absolute atomic E-state index is 0.272. The molecule has 2 aromatic rings. The number of carbonyl (C=O) groups excluding carboxylic acids is 1. The van der Waals surface area contributed by atoms with E-state index in [0.717, 1.165) is 21.6 Å². The molecule has 0 aliphatic carbocycles. The van der Waals surface area contributed by atoms with Gasteiger partial charge in [-0.1, -0.05) is 24.3 Å². The third kappa shape index (κ3) is 3.77. The molecule has 1 atom stereocenters. The molecule has 0 aliphatic heterocycles. The van der Waals surface area contributed by atoms with E-state index < -0.39 is 5.92 Å². The number of phenolic OH excluding ortho intramolecular Hbond substituents is 1. The van der Waals surface area contributed by atoms with Crippen LogP contribution in [0.5, 0.6) is 5.75 Å². The van der Waals surface area contributed by atoms with Gasteiger partial charge in [-0.05, 0) is 55.0 Å². The molecule has 2 rings (SSSR count). The van der Waals surface area contributed by atoms with E-state index in [2.05, 4.69) is 0 Å². The Morgan fingerprint density at radius 1 is 1.36 bits per heavy atom. The van der Waals surface area contributed by atoms with Gasteiger partial charge in [0.05, 0.1) is 6.61 Å². The summed E-state index contributed by atoms with van der Waals surface area (Å²) in [6.07, 6.45) is 3.79. The highest BCUT2D eigenvalue weighted by atomic mass is 32.1. The lowest BCUT2D eigenvalue weighted by Gasteiger charge is -2.15. The average molecular weight is 316 g/mol. The molecule has 0 bridgehead atoms. The van der Waals surface area contributed by atoms with Crippen LogP contribution in [0.25, 0.3) is 6.08 Å². The molecule has 0 saturated heterocycles. The van der Waals surface area contributed by atoms with E-state index >= 15 is 0 Å². The Morgan fingerprint density at radius 2 is 2.05 bits per heavy atom. The summed E-state index contributed by atoms with van der Waals surface area (Å²) in [5.41, 5.74) is 2.35. The topological polar surface area (TPSA) is 46.5 Å². The smallest absolute Gasteiger partial charge is 0.317 e. The number of benzene rings is 1. The number of esters is 1. The molecule has 1 heterocycles. The lowest BCUT2D eigenvalue weighted by molar-refractivity contribution is -0.143. The van der Waals surface area contributed by atoms with Crippen LogP contribution in [0.2, 0.25) is 0 Å². The Labute approximate surface area is 134 Å². The second-order valence-corrected chi connectivity index (χ2v) is 6.09. The number of hydrogen-bond donors (Lipinski definition) is 1. The molecule has 116 valence electrons. The van der Waals surface area contributed by atoms with Crippen molar-refractivity contribution >= 4 is 23.4 Å². The zero-order valence-electron chi connectivity index (χ0n) is 13.0. The molecule has 0 fully saturated rings. The lowest BCUT2D eigenvalue weighted by atomic mass is 9.94. The normalized spacial score (nSPS) is 12.5. The van der Waals surface area contributed by atoms with Gasteiger partial charge >= 0.3 is 5.97 Å². The molecule has 0 unspecified atom stereocenters. The van der Waals surface area contributed by atoms with E-state index in [9.17, 15) is 9.90 Å². The largest absolute Gasteiger partial charge is 0.507 e. The molecule has 4 heteroatoms. The number of aryl methyl sites for hydroxylation is 2. The molecule has 1 aromatic carbocycles. The third-order valence-corrected chi connectivity index (χ3v) is 4.25.